The minimum atomic E-state index is -4.25. The van der Waals surface area contributed by atoms with Crippen molar-refractivity contribution in [1.82, 2.24) is 4.31 Å². The number of nitrogens with zero attached hydrogens (tertiary/aromatic N) is 1. The lowest BCUT2D eigenvalue weighted by Gasteiger charge is -2.21. The van der Waals surface area contributed by atoms with E-state index in [0.717, 1.165) is 16.4 Å². The van der Waals surface area contributed by atoms with Gasteiger partial charge in [0, 0.05) is 12.6 Å². The Labute approximate surface area is 156 Å². The summed E-state index contributed by atoms with van der Waals surface area (Å²) in [6, 6.07) is 8.69. The zero-order valence-electron chi connectivity index (χ0n) is 14.9. The van der Waals surface area contributed by atoms with Gasteiger partial charge in [-0.25, -0.2) is 17.2 Å². The smallest absolute Gasteiger partial charge is 0.243 e. The number of ether oxygens (including phenoxy) is 1. The first-order valence-corrected chi connectivity index (χ1v) is 9.61. The first-order chi connectivity index (χ1) is 12.8. The van der Waals surface area contributed by atoms with Crippen LogP contribution < -0.4 is 10.1 Å². The molecule has 0 aliphatic carbocycles. The van der Waals surface area contributed by atoms with E-state index in [1.54, 1.807) is 31.2 Å². The molecule has 0 aromatic heterocycles. The molecule has 2 aromatic rings. The molecule has 0 bridgehead atoms. The summed E-state index contributed by atoms with van der Waals surface area (Å²) in [6.45, 7) is 1.24. The van der Waals surface area contributed by atoms with E-state index >= 15 is 0 Å². The number of methoxy groups -OCH3 is 1. The van der Waals surface area contributed by atoms with Crippen molar-refractivity contribution in [2.45, 2.75) is 18.2 Å². The van der Waals surface area contributed by atoms with Gasteiger partial charge in [-0.1, -0.05) is 19.1 Å². The summed E-state index contributed by atoms with van der Waals surface area (Å²) in [6.07, 6.45) is 0.416. The van der Waals surface area contributed by atoms with E-state index < -0.39 is 39.0 Å². The van der Waals surface area contributed by atoms with Crippen molar-refractivity contribution in [2.24, 2.45) is 0 Å². The second kappa shape index (κ2) is 8.92. The third-order valence-corrected chi connectivity index (χ3v) is 5.47. The number of hydrogen-bond donors (Lipinski definition) is 1. The molecule has 0 saturated carbocycles. The van der Waals surface area contributed by atoms with Crippen LogP contribution in [0.4, 0.5) is 14.5 Å². The van der Waals surface area contributed by atoms with Crippen molar-refractivity contribution in [1.29, 1.82) is 0 Å². The Hall–Kier alpha value is -2.52. The van der Waals surface area contributed by atoms with Crippen molar-refractivity contribution in [3.63, 3.8) is 0 Å². The fourth-order valence-corrected chi connectivity index (χ4v) is 3.99. The van der Waals surface area contributed by atoms with E-state index in [2.05, 4.69) is 5.32 Å². The van der Waals surface area contributed by atoms with Crippen LogP contribution in [0.1, 0.15) is 13.3 Å². The minimum absolute atomic E-state index is 0.0137. The molecule has 2 aromatic carbocycles. The summed E-state index contributed by atoms with van der Waals surface area (Å²) in [5.74, 6) is -2.21. The molecule has 0 aliphatic rings. The molecule has 2 rings (SSSR count). The van der Waals surface area contributed by atoms with Crippen LogP contribution in [0.2, 0.25) is 0 Å². The molecule has 146 valence electrons. The molecular formula is C18H20F2N2O4S. The average molecular weight is 398 g/mol. The number of amides is 1. The van der Waals surface area contributed by atoms with E-state index in [4.69, 9.17) is 4.74 Å². The van der Waals surface area contributed by atoms with Gasteiger partial charge in [-0.2, -0.15) is 4.31 Å². The molecule has 0 unspecified atom stereocenters. The van der Waals surface area contributed by atoms with E-state index in [-0.39, 0.29) is 6.54 Å². The maximum atomic E-state index is 13.4. The number of benzene rings is 2. The van der Waals surface area contributed by atoms with Gasteiger partial charge in [-0.3, -0.25) is 4.79 Å². The van der Waals surface area contributed by atoms with Crippen molar-refractivity contribution in [2.75, 3.05) is 25.5 Å². The van der Waals surface area contributed by atoms with E-state index in [1.165, 1.54) is 7.11 Å². The lowest BCUT2D eigenvalue weighted by Crippen LogP contribution is -2.38. The van der Waals surface area contributed by atoms with E-state index in [0.29, 0.717) is 23.9 Å². The number of carbonyl (C=O) groups is 1. The van der Waals surface area contributed by atoms with Crippen LogP contribution in [0, 0.1) is 11.6 Å². The Kier molecular flexibility index (Phi) is 6.86. The molecule has 27 heavy (non-hydrogen) atoms. The van der Waals surface area contributed by atoms with Crippen LogP contribution in [-0.2, 0) is 14.8 Å². The Morgan fingerprint density at radius 1 is 1.15 bits per heavy atom. The predicted molar refractivity (Wildman–Crippen MR) is 97.0 cm³/mol. The highest BCUT2D eigenvalue weighted by Gasteiger charge is 2.27. The molecule has 0 aliphatic heterocycles. The molecule has 0 spiro atoms. The Bertz CT molecular complexity index is 899. The number of rotatable bonds is 8. The van der Waals surface area contributed by atoms with Crippen LogP contribution in [0.25, 0.3) is 0 Å². The lowest BCUT2D eigenvalue weighted by molar-refractivity contribution is -0.116. The first-order valence-electron chi connectivity index (χ1n) is 8.17. The van der Waals surface area contributed by atoms with Gasteiger partial charge in [0.15, 0.2) is 0 Å². The largest absolute Gasteiger partial charge is 0.495 e. The van der Waals surface area contributed by atoms with Gasteiger partial charge >= 0.3 is 0 Å². The summed E-state index contributed by atoms with van der Waals surface area (Å²) in [5, 5.41) is 2.58. The molecule has 6 nitrogen and oxygen atoms in total. The fraction of sp³-hybridized carbons (Fsp3) is 0.278. The summed E-state index contributed by atoms with van der Waals surface area (Å²) in [5.41, 5.74) is 0.385. The average Bonchev–Trinajstić information content (AvgIpc) is 2.61. The SMILES string of the molecule is CCCN(CC(=O)Nc1ccccc1OC)S(=O)(=O)c1cc(F)cc(F)c1. The van der Waals surface area contributed by atoms with Gasteiger partial charge in [0.05, 0.1) is 24.2 Å². The molecule has 0 saturated heterocycles. The Balaban J connectivity index is 2.24. The second-order valence-corrected chi connectivity index (χ2v) is 7.63. The highest BCUT2D eigenvalue weighted by molar-refractivity contribution is 7.89. The molecule has 9 heteroatoms. The number of anilines is 1. The number of halogens is 2. The number of hydrogen-bond acceptors (Lipinski definition) is 4. The molecular weight excluding hydrogens is 378 g/mol. The zero-order valence-corrected chi connectivity index (χ0v) is 15.7. The topological polar surface area (TPSA) is 75.7 Å². The number of nitrogens with one attached hydrogen (secondary N) is 1. The zero-order chi connectivity index (χ0) is 20.0. The lowest BCUT2D eigenvalue weighted by atomic mass is 10.3. The second-order valence-electron chi connectivity index (χ2n) is 5.69. The third-order valence-electron chi connectivity index (χ3n) is 3.65. The van der Waals surface area contributed by atoms with Crippen molar-refractivity contribution in [3.05, 3.63) is 54.1 Å². The van der Waals surface area contributed by atoms with Crippen molar-refractivity contribution < 1.29 is 26.7 Å². The molecule has 1 amide bonds. The van der Waals surface area contributed by atoms with Crippen LogP contribution >= 0.6 is 0 Å². The van der Waals surface area contributed by atoms with Gasteiger partial charge in [0.2, 0.25) is 15.9 Å². The molecule has 1 N–H and O–H groups in total. The number of carbonyl (C=O) groups excluding carboxylic acids is 1. The van der Waals surface area contributed by atoms with Crippen LogP contribution in [0.15, 0.2) is 47.4 Å². The summed E-state index contributed by atoms with van der Waals surface area (Å²) in [4.78, 5) is 11.8. The standard InChI is InChI=1S/C18H20F2N2O4S/c1-3-8-22(27(24,25)15-10-13(19)9-14(20)11-15)12-18(23)21-16-6-4-5-7-17(16)26-2/h4-7,9-11H,3,8,12H2,1-2H3,(H,21,23). The van der Waals surface area contributed by atoms with Crippen LogP contribution in [0.5, 0.6) is 5.75 Å². The number of sulfonamides is 1. The molecule has 0 heterocycles. The van der Waals surface area contributed by atoms with Crippen molar-refractivity contribution >= 4 is 21.6 Å². The highest BCUT2D eigenvalue weighted by atomic mass is 32.2. The number of para-hydroxylation sites is 2. The summed E-state index contributed by atoms with van der Waals surface area (Å²) < 4.78 is 58.3. The van der Waals surface area contributed by atoms with Crippen LogP contribution in [0.3, 0.4) is 0 Å². The first kappa shape index (κ1) is 20.8. The summed E-state index contributed by atoms with van der Waals surface area (Å²) >= 11 is 0. The minimum Gasteiger partial charge on any atom is -0.495 e. The van der Waals surface area contributed by atoms with E-state index in [1.807, 2.05) is 0 Å². The molecule has 0 fully saturated rings. The Morgan fingerprint density at radius 3 is 2.37 bits per heavy atom. The fourth-order valence-electron chi connectivity index (χ4n) is 2.46. The normalized spacial score (nSPS) is 11.4. The monoisotopic (exact) mass is 398 g/mol. The maximum Gasteiger partial charge on any atom is 0.243 e. The van der Waals surface area contributed by atoms with Gasteiger partial charge in [-0.15, -0.1) is 0 Å². The van der Waals surface area contributed by atoms with Gasteiger partial charge < -0.3 is 10.1 Å². The maximum absolute atomic E-state index is 13.4. The van der Waals surface area contributed by atoms with Crippen LogP contribution in [-0.4, -0.2) is 38.8 Å². The quantitative estimate of drug-likeness (QED) is 0.742. The summed E-state index contributed by atoms with van der Waals surface area (Å²) in [7, 11) is -2.81. The molecule has 0 radical (unpaired) electrons. The van der Waals surface area contributed by atoms with Gasteiger partial charge in [0.25, 0.3) is 0 Å². The van der Waals surface area contributed by atoms with Gasteiger partial charge in [-0.05, 0) is 30.7 Å². The third kappa shape index (κ3) is 5.24. The predicted octanol–water partition coefficient (Wildman–Crippen LogP) is 3.01. The Morgan fingerprint density at radius 2 is 1.78 bits per heavy atom. The van der Waals surface area contributed by atoms with Gasteiger partial charge in [0.1, 0.15) is 17.4 Å². The highest BCUT2D eigenvalue weighted by Crippen LogP contribution is 2.23. The van der Waals surface area contributed by atoms with Crippen molar-refractivity contribution in [3.8, 4) is 5.75 Å². The van der Waals surface area contributed by atoms with E-state index in [9.17, 15) is 22.0 Å². The molecule has 0 atom stereocenters.